The van der Waals surface area contributed by atoms with E-state index >= 15 is 0 Å². The number of likely N-dealkylation sites (tertiary alicyclic amines) is 1. The molecule has 1 rings (SSSR count). The van der Waals surface area contributed by atoms with Gasteiger partial charge in [0.2, 0.25) is 0 Å². The van der Waals surface area contributed by atoms with E-state index in [1.54, 1.807) is 20.8 Å². The van der Waals surface area contributed by atoms with E-state index in [4.69, 9.17) is 4.74 Å². The number of carbonyl (C=O) groups is 1. The summed E-state index contributed by atoms with van der Waals surface area (Å²) in [6, 6.07) is 0. The average Bonchev–Trinajstić information content (AvgIpc) is 2.37. The Morgan fingerprint density at radius 2 is 2.11 bits per heavy atom. The fourth-order valence-corrected chi connectivity index (χ4v) is 3.19. The van der Waals surface area contributed by atoms with Gasteiger partial charge in [0.05, 0.1) is 23.5 Å². The molecule has 0 aromatic heterocycles. The number of rotatable bonds is 6. The lowest BCUT2D eigenvalue weighted by molar-refractivity contribution is -0.149. The smallest absolute Gasteiger partial charge is 0.310 e. The first-order chi connectivity index (χ1) is 8.86. The summed E-state index contributed by atoms with van der Waals surface area (Å²) in [5, 5.41) is -0.335. The summed E-state index contributed by atoms with van der Waals surface area (Å²) in [5.41, 5.74) is 0. The predicted molar refractivity (Wildman–Crippen MR) is 74.7 cm³/mol. The zero-order valence-corrected chi connectivity index (χ0v) is 12.9. The molecule has 0 bridgehead atoms. The predicted octanol–water partition coefficient (Wildman–Crippen LogP) is 1.08. The van der Waals surface area contributed by atoms with E-state index in [2.05, 4.69) is 4.90 Å². The van der Waals surface area contributed by atoms with Crippen LogP contribution in [0.1, 0.15) is 33.6 Å². The van der Waals surface area contributed by atoms with Crippen LogP contribution in [0.2, 0.25) is 0 Å². The van der Waals surface area contributed by atoms with Crippen LogP contribution in [0, 0.1) is 5.92 Å². The maximum atomic E-state index is 11.8. The van der Waals surface area contributed by atoms with Gasteiger partial charge in [-0.05, 0) is 40.2 Å². The van der Waals surface area contributed by atoms with Gasteiger partial charge in [0, 0.05) is 13.1 Å². The molecule has 0 aromatic carbocycles. The number of carbonyl (C=O) groups excluding carboxylic acids is 1. The Morgan fingerprint density at radius 3 is 2.68 bits per heavy atom. The minimum absolute atomic E-state index is 0.101. The van der Waals surface area contributed by atoms with Gasteiger partial charge in [-0.15, -0.1) is 0 Å². The maximum Gasteiger partial charge on any atom is 0.310 e. The van der Waals surface area contributed by atoms with E-state index in [1.807, 2.05) is 0 Å². The molecule has 1 saturated heterocycles. The zero-order valence-electron chi connectivity index (χ0n) is 12.1. The van der Waals surface area contributed by atoms with Gasteiger partial charge in [0.1, 0.15) is 0 Å². The summed E-state index contributed by atoms with van der Waals surface area (Å²) >= 11 is 0. The number of esters is 1. The lowest BCUT2D eigenvalue weighted by Crippen LogP contribution is -2.42. The molecule has 1 fully saturated rings. The third-order valence-corrected chi connectivity index (χ3v) is 5.72. The van der Waals surface area contributed by atoms with Crippen molar-refractivity contribution >= 4 is 15.8 Å². The summed E-state index contributed by atoms with van der Waals surface area (Å²) in [6.07, 6.45) is 1.76. The molecule has 112 valence electrons. The number of sulfone groups is 1. The quantitative estimate of drug-likeness (QED) is 0.685. The van der Waals surface area contributed by atoms with Crippen LogP contribution in [0.3, 0.4) is 0 Å². The molecule has 0 radical (unpaired) electrons. The first kappa shape index (κ1) is 16.4. The van der Waals surface area contributed by atoms with Crippen molar-refractivity contribution in [3.63, 3.8) is 0 Å². The van der Waals surface area contributed by atoms with E-state index in [-0.39, 0.29) is 22.9 Å². The summed E-state index contributed by atoms with van der Waals surface area (Å²) in [5.74, 6) is -0.0883. The minimum Gasteiger partial charge on any atom is -0.466 e. The Morgan fingerprint density at radius 1 is 1.42 bits per heavy atom. The topological polar surface area (TPSA) is 63.7 Å². The van der Waals surface area contributed by atoms with Gasteiger partial charge in [-0.1, -0.05) is 0 Å². The Kier molecular flexibility index (Phi) is 6.26. The fraction of sp³-hybridized carbons (Fsp3) is 0.923. The number of piperidine rings is 1. The van der Waals surface area contributed by atoms with E-state index in [0.29, 0.717) is 19.7 Å². The molecular formula is C13H25NO4S. The third kappa shape index (κ3) is 5.10. The molecule has 0 N–H and O–H groups in total. The van der Waals surface area contributed by atoms with Gasteiger partial charge >= 0.3 is 5.97 Å². The Labute approximate surface area is 116 Å². The molecule has 0 amide bonds. The van der Waals surface area contributed by atoms with E-state index < -0.39 is 9.84 Å². The van der Waals surface area contributed by atoms with Crippen LogP contribution < -0.4 is 0 Å². The number of ether oxygens (including phenoxy) is 1. The van der Waals surface area contributed by atoms with Crippen molar-refractivity contribution in [1.29, 1.82) is 0 Å². The second-order valence-electron chi connectivity index (χ2n) is 5.31. The van der Waals surface area contributed by atoms with Crippen LogP contribution in [0.25, 0.3) is 0 Å². The number of hydrogen-bond donors (Lipinski definition) is 0. The van der Waals surface area contributed by atoms with Gasteiger partial charge in [-0.3, -0.25) is 4.79 Å². The lowest BCUT2D eigenvalue weighted by atomic mass is 9.98. The standard InChI is InChI=1S/C13H25NO4S/c1-4-18-13(15)12-6-5-7-14(10-12)8-9-19(16,17)11(2)3/h11-12H,4-10H2,1-3H3/t12-/m0/s1. The third-order valence-electron chi connectivity index (χ3n) is 3.54. The average molecular weight is 291 g/mol. The van der Waals surface area contributed by atoms with Crippen molar-refractivity contribution in [3.05, 3.63) is 0 Å². The van der Waals surface area contributed by atoms with Crippen molar-refractivity contribution in [2.24, 2.45) is 5.92 Å². The fourth-order valence-electron chi connectivity index (χ4n) is 2.20. The largest absolute Gasteiger partial charge is 0.466 e. The molecular weight excluding hydrogens is 266 g/mol. The Balaban J connectivity index is 2.45. The van der Waals surface area contributed by atoms with Crippen molar-refractivity contribution in [1.82, 2.24) is 4.90 Å². The monoisotopic (exact) mass is 291 g/mol. The second-order valence-corrected chi connectivity index (χ2v) is 7.98. The zero-order chi connectivity index (χ0) is 14.5. The Bertz CT molecular complexity index is 391. The highest BCUT2D eigenvalue weighted by atomic mass is 32.2. The second kappa shape index (κ2) is 7.24. The molecule has 0 aliphatic carbocycles. The van der Waals surface area contributed by atoms with Crippen LogP contribution in [-0.4, -0.2) is 56.5 Å². The molecule has 0 unspecified atom stereocenters. The van der Waals surface area contributed by atoms with Gasteiger partial charge in [0.15, 0.2) is 9.84 Å². The van der Waals surface area contributed by atoms with Gasteiger partial charge in [0.25, 0.3) is 0 Å². The molecule has 19 heavy (non-hydrogen) atoms. The summed E-state index contributed by atoms with van der Waals surface area (Å²) in [6.45, 7) is 7.59. The molecule has 0 aromatic rings. The highest BCUT2D eigenvalue weighted by Crippen LogP contribution is 2.18. The highest BCUT2D eigenvalue weighted by Gasteiger charge is 2.27. The van der Waals surface area contributed by atoms with Crippen LogP contribution in [-0.2, 0) is 19.4 Å². The number of hydrogen-bond acceptors (Lipinski definition) is 5. The van der Waals surface area contributed by atoms with Crippen molar-refractivity contribution in [2.75, 3.05) is 32.0 Å². The normalized spacial score (nSPS) is 21.6. The Hall–Kier alpha value is -0.620. The first-order valence-electron chi connectivity index (χ1n) is 6.97. The lowest BCUT2D eigenvalue weighted by Gasteiger charge is -2.31. The molecule has 1 aliphatic rings. The number of nitrogens with zero attached hydrogens (tertiary/aromatic N) is 1. The SMILES string of the molecule is CCOC(=O)[C@H]1CCCN(CCS(=O)(=O)C(C)C)C1. The molecule has 5 nitrogen and oxygen atoms in total. The molecule has 6 heteroatoms. The van der Waals surface area contributed by atoms with Gasteiger partial charge < -0.3 is 9.64 Å². The minimum atomic E-state index is -3.00. The molecule has 0 saturated carbocycles. The summed E-state index contributed by atoms with van der Waals surface area (Å²) in [4.78, 5) is 13.7. The van der Waals surface area contributed by atoms with E-state index in [1.165, 1.54) is 0 Å². The van der Waals surface area contributed by atoms with Crippen molar-refractivity contribution < 1.29 is 17.9 Å². The van der Waals surface area contributed by atoms with Crippen molar-refractivity contribution in [2.45, 2.75) is 38.9 Å². The van der Waals surface area contributed by atoms with Gasteiger partial charge in [-0.25, -0.2) is 8.42 Å². The van der Waals surface area contributed by atoms with Crippen LogP contribution in [0.5, 0.6) is 0 Å². The molecule has 1 heterocycles. The first-order valence-corrected chi connectivity index (χ1v) is 8.69. The van der Waals surface area contributed by atoms with E-state index in [0.717, 1.165) is 19.4 Å². The van der Waals surface area contributed by atoms with Crippen LogP contribution >= 0.6 is 0 Å². The van der Waals surface area contributed by atoms with Gasteiger partial charge in [-0.2, -0.15) is 0 Å². The molecule has 1 atom stereocenters. The maximum absolute atomic E-state index is 11.8. The summed E-state index contributed by atoms with van der Waals surface area (Å²) < 4.78 is 28.6. The van der Waals surface area contributed by atoms with Crippen LogP contribution in [0.15, 0.2) is 0 Å². The summed E-state index contributed by atoms with van der Waals surface area (Å²) in [7, 11) is -3.00. The molecule has 1 aliphatic heterocycles. The van der Waals surface area contributed by atoms with Crippen molar-refractivity contribution in [3.8, 4) is 0 Å². The highest BCUT2D eigenvalue weighted by molar-refractivity contribution is 7.92. The van der Waals surface area contributed by atoms with E-state index in [9.17, 15) is 13.2 Å². The molecule has 0 spiro atoms. The van der Waals surface area contributed by atoms with Crippen LogP contribution in [0.4, 0.5) is 0 Å².